The smallest absolute Gasteiger partial charge is 0.344 e. The predicted octanol–water partition coefficient (Wildman–Crippen LogP) is 6.17. The number of carboxylic acids is 1. The van der Waals surface area contributed by atoms with Gasteiger partial charge in [0, 0.05) is 30.8 Å². The molecular weight excluding hydrogens is 556 g/mol. The number of thiazole rings is 1. The molecule has 2 aliphatic heterocycles. The number of benzene rings is 2. The number of fused-ring (bicyclic) bond motifs is 3. The summed E-state index contributed by atoms with van der Waals surface area (Å²) < 4.78 is 46.9. The summed E-state index contributed by atoms with van der Waals surface area (Å²) in [6, 6.07) is 6.68. The number of carbonyl (C=O) groups excluding carboxylic acids is 1. The van der Waals surface area contributed by atoms with Crippen molar-refractivity contribution in [1.29, 1.82) is 0 Å². The second kappa shape index (κ2) is 9.79. The topological polar surface area (TPSA) is 115 Å². The number of anilines is 1. The van der Waals surface area contributed by atoms with E-state index in [0.717, 1.165) is 47.6 Å². The summed E-state index contributed by atoms with van der Waals surface area (Å²) in [5.41, 5.74) is 0.170. The van der Waals surface area contributed by atoms with Gasteiger partial charge in [0.25, 0.3) is 0 Å². The molecule has 212 valence electrons. The molecule has 1 saturated carbocycles. The van der Waals surface area contributed by atoms with Crippen molar-refractivity contribution in [2.24, 2.45) is 0 Å². The number of nitrogens with zero attached hydrogens (tertiary/aromatic N) is 3. The Morgan fingerprint density at radius 2 is 1.80 bits per heavy atom. The number of methoxy groups -OCH3 is 1. The molecule has 3 fully saturated rings. The fourth-order valence-electron chi connectivity index (χ4n) is 6.14. The quantitative estimate of drug-likeness (QED) is 0.256. The SMILES string of the molecule is COc1cc(C(=O)O)cc2sc(N3[C@@H]4CC[C@H]3C[C@@H](OC(=O)c3c(-c5c(F)cccc5F)noc3C3CC3)C4)nc12. The zero-order valence-electron chi connectivity index (χ0n) is 21.9. The number of rotatable bonds is 7. The summed E-state index contributed by atoms with van der Waals surface area (Å²) in [7, 11) is 1.49. The molecule has 7 rings (SSSR count). The highest BCUT2D eigenvalue weighted by Gasteiger charge is 2.45. The summed E-state index contributed by atoms with van der Waals surface area (Å²) in [5, 5.41) is 14.2. The number of aromatic nitrogens is 2. The van der Waals surface area contributed by atoms with Crippen LogP contribution in [-0.2, 0) is 4.74 Å². The van der Waals surface area contributed by atoms with Crippen LogP contribution in [0.2, 0.25) is 0 Å². The minimum atomic E-state index is -1.04. The molecule has 41 heavy (non-hydrogen) atoms. The molecule has 2 aromatic carbocycles. The lowest BCUT2D eigenvalue weighted by molar-refractivity contribution is 0.0202. The highest BCUT2D eigenvalue weighted by atomic mass is 32.1. The van der Waals surface area contributed by atoms with Crippen LogP contribution in [0.15, 0.2) is 34.9 Å². The zero-order valence-corrected chi connectivity index (χ0v) is 22.7. The molecule has 3 atom stereocenters. The maximum Gasteiger partial charge on any atom is 0.344 e. The highest BCUT2D eigenvalue weighted by Crippen LogP contribution is 2.47. The second-order valence-corrected chi connectivity index (χ2v) is 11.8. The van der Waals surface area contributed by atoms with Crippen molar-refractivity contribution in [3.63, 3.8) is 0 Å². The first kappa shape index (κ1) is 25.9. The average Bonchev–Trinajstić information content (AvgIpc) is 3.44. The molecule has 2 aromatic heterocycles. The Kier molecular flexibility index (Phi) is 6.18. The first-order valence-corrected chi connectivity index (χ1v) is 14.3. The van der Waals surface area contributed by atoms with Gasteiger partial charge in [0.15, 0.2) is 10.9 Å². The number of piperidine rings is 1. The fraction of sp³-hybridized carbons (Fsp3) is 0.379. The van der Waals surface area contributed by atoms with Gasteiger partial charge in [0.1, 0.15) is 40.3 Å². The van der Waals surface area contributed by atoms with Crippen molar-refractivity contribution in [2.45, 2.75) is 62.6 Å². The minimum Gasteiger partial charge on any atom is -0.494 e. The van der Waals surface area contributed by atoms with Crippen molar-refractivity contribution in [3.8, 4) is 17.0 Å². The Bertz CT molecular complexity index is 1660. The van der Waals surface area contributed by atoms with E-state index in [1.54, 1.807) is 6.07 Å². The summed E-state index contributed by atoms with van der Waals surface area (Å²) in [5.74, 6) is -2.69. The summed E-state index contributed by atoms with van der Waals surface area (Å²) in [6.45, 7) is 0. The van der Waals surface area contributed by atoms with Gasteiger partial charge >= 0.3 is 11.9 Å². The normalized spacial score (nSPS) is 21.8. The molecule has 1 aliphatic carbocycles. The third-order valence-corrected chi connectivity index (χ3v) is 9.19. The Hall–Kier alpha value is -4.06. The number of esters is 1. The number of ether oxygens (including phenoxy) is 2. The van der Waals surface area contributed by atoms with Crippen LogP contribution in [0.4, 0.5) is 13.9 Å². The van der Waals surface area contributed by atoms with Gasteiger partial charge < -0.3 is 24.0 Å². The van der Waals surface area contributed by atoms with Crippen LogP contribution in [0.3, 0.4) is 0 Å². The average molecular weight is 582 g/mol. The van der Waals surface area contributed by atoms with E-state index in [4.69, 9.17) is 19.0 Å². The van der Waals surface area contributed by atoms with Gasteiger partial charge in [0.05, 0.1) is 22.9 Å². The van der Waals surface area contributed by atoms with Crippen LogP contribution in [0.25, 0.3) is 21.5 Å². The van der Waals surface area contributed by atoms with E-state index in [9.17, 15) is 23.5 Å². The van der Waals surface area contributed by atoms with E-state index < -0.39 is 35.2 Å². The first-order valence-electron chi connectivity index (χ1n) is 13.5. The number of aromatic carboxylic acids is 1. The van der Waals surface area contributed by atoms with Crippen LogP contribution in [0.5, 0.6) is 5.75 Å². The minimum absolute atomic E-state index is 0.00113. The number of carboxylic acid groups (broad SMARTS) is 1. The molecule has 9 nitrogen and oxygen atoms in total. The molecule has 12 heteroatoms. The van der Waals surface area contributed by atoms with E-state index in [0.29, 0.717) is 29.9 Å². The van der Waals surface area contributed by atoms with Gasteiger partial charge in [-0.3, -0.25) is 0 Å². The van der Waals surface area contributed by atoms with Crippen molar-refractivity contribution >= 4 is 38.6 Å². The Morgan fingerprint density at radius 3 is 2.44 bits per heavy atom. The lowest BCUT2D eigenvalue weighted by atomic mass is 9.99. The van der Waals surface area contributed by atoms with Crippen LogP contribution < -0.4 is 9.64 Å². The number of hydrogen-bond acceptors (Lipinski definition) is 9. The van der Waals surface area contributed by atoms with E-state index >= 15 is 0 Å². The maximum absolute atomic E-state index is 14.6. The fourth-order valence-corrected chi connectivity index (χ4v) is 7.31. The maximum atomic E-state index is 14.6. The summed E-state index contributed by atoms with van der Waals surface area (Å²) in [6.07, 6.45) is 4.10. The number of halogens is 2. The molecule has 2 saturated heterocycles. The van der Waals surface area contributed by atoms with Crippen molar-refractivity contribution in [1.82, 2.24) is 10.1 Å². The highest BCUT2D eigenvalue weighted by molar-refractivity contribution is 7.22. The standard InChI is InChI=1S/C29H25F2N3O6S/c1-38-20-9-14(27(35)36)10-21-24(20)32-29(41-21)34-15-7-8-16(34)12-17(11-15)39-28(37)23-25(33-40-26(23)13-5-6-13)22-18(30)3-2-4-19(22)31/h2-4,9-10,13,15-17H,5-8,11-12H2,1H3,(H,35,36)/t15-,16+,17+. The third-order valence-electron chi connectivity index (χ3n) is 8.17. The molecule has 3 aliphatic rings. The van der Waals surface area contributed by atoms with Gasteiger partial charge in [-0.05, 0) is 49.9 Å². The molecule has 0 amide bonds. The van der Waals surface area contributed by atoms with Crippen molar-refractivity contribution < 1.29 is 37.5 Å². The van der Waals surface area contributed by atoms with Crippen LogP contribution in [-0.4, -0.2) is 52.5 Å². The Morgan fingerprint density at radius 1 is 1.10 bits per heavy atom. The van der Waals surface area contributed by atoms with Gasteiger partial charge in [0.2, 0.25) is 0 Å². The lowest BCUT2D eigenvalue weighted by Gasteiger charge is -2.38. The molecule has 2 bridgehead atoms. The van der Waals surface area contributed by atoms with Crippen LogP contribution in [0.1, 0.15) is 70.9 Å². The molecular formula is C29H25F2N3O6S. The molecule has 0 spiro atoms. The Balaban J connectivity index is 1.14. The summed E-state index contributed by atoms with van der Waals surface area (Å²) >= 11 is 1.41. The number of hydrogen-bond donors (Lipinski definition) is 1. The molecule has 1 N–H and O–H groups in total. The predicted molar refractivity (Wildman–Crippen MR) is 145 cm³/mol. The molecule has 4 aromatic rings. The second-order valence-electron chi connectivity index (χ2n) is 10.8. The van der Waals surface area contributed by atoms with Crippen molar-refractivity contribution in [3.05, 3.63) is 58.9 Å². The van der Waals surface area contributed by atoms with Crippen LogP contribution >= 0.6 is 11.3 Å². The number of carbonyl (C=O) groups is 2. The van der Waals surface area contributed by atoms with Gasteiger partial charge in [-0.2, -0.15) is 0 Å². The van der Waals surface area contributed by atoms with Gasteiger partial charge in [-0.15, -0.1) is 0 Å². The molecule has 4 heterocycles. The zero-order chi connectivity index (χ0) is 28.4. The molecule has 0 unspecified atom stereocenters. The van der Waals surface area contributed by atoms with E-state index in [1.165, 1.54) is 30.6 Å². The van der Waals surface area contributed by atoms with Gasteiger partial charge in [-0.1, -0.05) is 22.6 Å². The van der Waals surface area contributed by atoms with E-state index in [-0.39, 0.29) is 34.8 Å². The monoisotopic (exact) mass is 581 g/mol. The lowest BCUT2D eigenvalue weighted by Crippen LogP contribution is -2.46. The largest absolute Gasteiger partial charge is 0.494 e. The van der Waals surface area contributed by atoms with E-state index in [1.807, 2.05) is 0 Å². The Labute approximate surface area is 236 Å². The van der Waals surface area contributed by atoms with E-state index in [2.05, 4.69) is 10.1 Å². The van der Waals surface area contributed by atoms with Crippen LogP contribution in [0, 0.1) is 11.6 Å². The first-order chi connectivity index (χ1) is 19.8. The summed E-state index contributed by atoms with van der Waals surface area (Å²) in [4.78, 5) is 32.2. The van der Waals surface area contributed by atoms with Crippen molar-refractivity contribution in [2.75, 3.05) is 12.0 Å². The third kappa shape index (κ3) is 4.41. The van der Waals surface area contributed by atoms with Gasteiger partial charge in [-0.25, -0.2) is 23.4 Å². The molecule has 0 radical (unpaired) electrons.